The molecule has 344 valence electrons. The van der Waals surface area contributed by atoms with Crippen LogP contribution in [0.2, 0.25) is 0 Å². The van der Waals surface area contributed by atoms with E-state index in [1.807, 2.05) is 60.7 Å². The summed E-state index contributed by atoms with van der Waals surface area (Å²) in [5.74, 6) is -1.77. The van der Waals surface area contributed by atoms with Gasteiger partial charge in [0.2, 0.25) is 0 Å². The monoisotopic (exact) mass is 1100 g/mol. The van der Waals surface area contributed by atoms with Crippen LogP contribution in [0, 0.1) is 0 Å². The Morgan fingerprint density at radius 1 is 0.329 bits per heavy atom. The predicted octanol–water partition coefficient (Wildman–Crippen LogP) is 7.72. The van der Waals surface area contributed by atoms with Gasteiger partial charge in [-0.15, -0.1) is 0 Å². The van der Waals surface area contributed by atoms with Crippen LogP contribution in [-0.4, -0.2) is 52.0 Å². The molecule has 0 saturated carbocycles. The zero-order valence-corrected chi connectivity index (χ0v) is 39.4. The number of imidazole rings is 2. The van der Waals surface area contributed by atoms with Gasteiger partial charge in [0.05, 0.1) is 57.1 Å². The van der Waals surface area contributed by atoms with Gasteiger partial charge in [-0.05, 0) is 84.9 Å². The van der Waals surface area contributed by atoms with E-state index in [0.29, 0.717) is 0 Å². The first-order valence-corrected chi connectivity index (χ1v) is 21.3. The van der Waals surface area contributed by atoms with Crippen molar-refractivity contribution < 1.29 is 49.8 Å². The summed E-state index contributed by atoms with van der Waals surface area (Å²) in [6.07, 6.45) is 4.22. The fourth-order valence-electron chi connectivity index (χ4n) is 6.74. The topological polar surface area (TPSA) is 195 Å². The van der Waals surface area contributed by atoms with Gasteiger partial charge in [-0.2, -0.15) is 0 Å². The Labute approximate surface area is 416 Å². The third kappa shape index (κ3) is 13.4. The first-order valence-electron chi connectivity index (χ1n) is 21.3. The third-order valence-electron chi connectivity index (χ3n) is 9.84. The number of pyridine rings is 3. The summed E-state index contributed by atoms with van der Waals surface area (Å²) in [5.41, 5.74) is 8.70. The standard InChI is InChI=1S/2C19H14N2.3C6H5NO2.Ir/c2*1-3-9-15(10-4-1)19-20-17-13-7-8-14-18(17)21(19)16-11-5-2-6-12-16;3*8-6(9)5-3-1-2-4-7-5;/h2*1-14H;3*1-4H,(H,8,9);/q;;;;;+3/p-3. The molecule has 0 saturated heterocycles. The third-order valence-corrected chi connectivity index (χ3v) is 9.84. The second-order valence-electron chi connectivity index (χ2n) is 14.4. The molecule has 0 radical (unpaired) electrons. The largest absolute Gasteiger partial charge is 3.00 e. The maximum Gasteiger partial charge on any atom is 3.00 e. The van der Waals surface area contributed by atoms with Gasteiger partial charge in [-0.3, -0.25) is 24.1 Å². The smallest absolute Gasteiger partial charge is 0.543 e. The summed E-state index contributed by atoms with van der Waals surface area (Å²) in [4.78, 5) is 50.3. The molecule has 5 heterocycles. The summed E-state index contributed by atoms with van der Waals surface area (Å²) < 4.78 is 4.43. The Balaban J connectivity index is 0.000000152. The Morgan fingerprint density at radius 3 is 0.871 bits per heavy atom. The molecule has 0 aliphatic carbocycles. The molecule has 0 fully saturated rings. The van der Waals surface area contributed by atoms with Gasteiger partial charge in [-0.25, -0.2) is 9.97 Å². The number of para-hydroxylation sites is 6. The first kappa shape index (κ1) is 50.2. The summed E-state index contributed by atoms with van der Waals surface area (Å²) in [5, 5.41) is 30.1. The van der Waals surface area contributed by atoms with E-state index in [4.69, 9.17) is 9.97 Å². The van der Waals surface area contributed by atoms with Crippen LogP contribution in [0.25, 0.3) is 56.2 Å². The maximum atomic E-state index is 10.0. The Morgan fingerprint density at radius 2 is 0.600 bits per heavy atom. The van der Waals surface area contributed by atoms with E-state index in [1.165, 1.54) is 36.8 Å². The number of rotatable bonds is 7. The summed E-state index contributed by atoms with van der Waals surface area (Å²) in [7, 11) is 0. The maximum absolute atomic E-state index is 10.0. The molecule has 0 atom stereocenters. The molecule has 0 bridgehead atoms. The van der Waals surface area contributed by atoms with E-state index in [2.05, 4.69) is 133 Å². The van der Waals surface area contributed by atoms with Crippen LogP contribution < -0.4 is 15.3 Å². The predicted molar refractivity (Wildman–Crippen MR) is 259 cm³/mol. The number of carboxylic acids is 3. The van der Waals surface area contributed by atoms with Crippen molar-refractivity contribution in [2.75, 3.05) is 0 Å². The number of nitrogens with zero attached hydrogens (tertiary/aromatic N) is 7. The van der Waals surface area contributed by atoms with Crippen molar-refractivity contribution in [3.05, 3.63) is 260 Å². The minimum Gasteiger partial charge on any atom is -0.543 e. The van der Waals surface area contributed by atoms with Crippen LogP contribution in [0.4, 0.5) is 0 Å². The number of benzene rings is 6. The molecule has 0 amide bonds. The Hall–Kier alpha value is -9.23. The minimum atomic E-state index is -1.24. The quantitative estimate of drug-likeness (QED) is 0.152. The molecular formula is C56H40IrN7O6. The number of hydrogen-bond donors (Lipinski definition) is 0. The van der Waals surface area contributed by atoms with Crippen molar-refractivity contribution in [2.24, 2.45) is 0 Å². The molecule has 0 aliphatic rings. The van der Waals surface area contributed by atoms with Crippen molar-refractivity contribution in [3.63, 3.8) is 0 Å². The molecule has 6 aromatic carbocycles. The SMILES string of the molecule is O=C([O-])c1ccccn1.O=C([O-])c1ccccn1.O=C([O-])c1ccccn1.[Ir+3].c1ccc(-c2nc3ccccc3n2-c2ccccc2)cc1.c1ccc(-c2nc3ccccc3n2-c2ccccc2)cc1. The van der Waals surface area contributed by atoms with Gasteiger partial charge in [-0.1, -0.05) is 140 Å². The summed E-state index contributed by atoms with van der Waals surface area (Å²) in [6.45, 7) is 0. The van der Waals surface area contributed by atoms with Gasteiger partial charge in [0.1, 0.15) is 11.6 Å². The molecule has 0 N–H and O–H groups in total. The van der Waals surface area contributed by atoms with Crippen LogP contribution in [0.15, 0.2) is 243 Å². The average Bonchev–Trinajstić information content (AvgIpc) is 4.01. The van der Waals surface area contributed by atoms with Gasteiger partial charge in [0, 0.05) is 41.1 Å². The van der Waals surface area contributed by atoms with Gasteiger partial charge < -0.3 is 29.7 Å². The van der Waals surface area contributed by atoms with Crippen LogP contribution in [0.1, 0.15) is 31.5 Å². The number of aromatic nitrogens is 7. The van der Waals surface area contributed by atoms with Gasteiger partial charge >= 0.3 is 20.1 Å². The number of carbonyl (C=O) groups excluding carboxylic acids is 3. The van der Waals surface area contributed by atoms with Crippen molar-refractivity contribution in [3.8, 4) is 34.2 Å². The number of carbonyl (C=O) groups is 3. The molecule has 5 aromatic heterocycles. The van der Waals surface area contributed by atoms with Crippen molar-refractivity contribution >= 4 is 40.0 Å². The van der Waals surface area contributed by atoms with Crippen LogP contribution >= 0.6 is 0 Å². The first-order chi connectivity index (χ1) is 33.8. The van der Waals surface area contributed by atoms with E-state index in [1.54, 1.807) is 36.4 Å². The molecule has 14 heteroatoms. The summed E-state index contributed by atoms with van der Waals surface area (Å²) in [6, 6.07) is 71.7. The van der Waals surface area contributed by atoms with Gasteiger partial charge in [0.25, 0.3) is 0 Å². The van der Waals surface area contributed by atoms with Crippen LogP contribution in [-0.2, 0) is 20.1 Å². The van der Waals surface area contributed by atoms with E-state index in [-0.39, 0.29) is 37.2 Å². The number of carboxylic acid groups (broad SMARTS) is 3. The average molecular weight is 1100 g/mol. The molecule has 11 aromatic rings. The Bertz CT molecular complexity index is 3080. The fraction of sp³-hybridized carbons (Fsp3) is 0. The summed E-state index contributed by atoms with van der Waals surface area (Å²) >= 11 is 0. The van der Waals surface area contributed by atoms with Crippen molar-refractivity contribution in [2.45, 2.75) is 0 Å². The number of aromatic carboxylic acids is 3. The molecule has 11 rings (SSSR count). The fourth-order valence-corrected chi connectivity index (χ4v) is 6.74. The molecular weight excluding hydrogens is 1060 g/mol. The number of fused-ring (bicyclic) bond motifs is 2. The zero-order valence-electron chi connectivity index (χ0n) is 37.0. The van der Waals surface area contributed by atoms with Crippen LogP contribution in [0.3, 0.4) is 0 Å². The number of hydrogen-bond acceptors (Lipinski definition) is 11. The van der Waals surface area contributed by atoms with Crippen molar-refractivity contribution in [1.29, 1.82) is 0 Å². The van der Waals surface area contributed by atoms with E-state index in [9.17, 15) is 29.7 Å². The minimum absolute atomic E-state index is 0. The zero-order chi connectivity index (χ0) is 48.2. The normalized spacial score (nSPS) is 9.94. The van der Waals surface area contributed by atoms with Crippen molar-refractivity contribution in [1.82, 2.24) is 34.1 Å². The second-order valence-corrected chi connectivity index (χ2v) is 14.4. The Kier molecular flexibility index (Phi) is 18.4. The van der Waals surface area contributed by atoms with E-state index in [0.717, 1.165) is 56.2 Å². The molecule has 0 unspecified atom stereocenters. The second kappa shape index (κ2) is 25.6. The molecule has 0 aliphatic heterocycles. The van der Waals surface area contributed by atoms with E-state index >= 15 is 0 Å². The molecule has 0 spiro atoms. The van der Waals surface area contributed by atoms with Crippen LogP contribution in [0.5, 0.6) is 0 Å². The van der Waals surface area contributed by atoms with E-state index < -0.39 is 17.9 Å². The molecule has 13 nitrogen and oxygen atoms in total. The molecule has 70 heavy (non-hydrogen) atoms. The van der Waals surface area contributed by atoms with Gasteiger partial charge in [0.15, 0.2) is 0 Å².